The Bertz CT molecular complexity index is 1380. The Hall–Kier alpha value is -3.87. The van der Waals surface area contributed by atoms with Crippen LogP contribution in [0.25, 0.3) is 0 Å². The van der Waals surface area contributed by atoms with E-state index >= 15 is 4.39 Å². The second-order valence-electron chi connectivity index (χ2n) is 11.3. The van der Waals surface area contributed by atoms with Crippen molar-refractivity contribution in [1.29, 1.82) is 0 Å². The van der Waals surface area contributed by atoms with Crippen molar-refractivity contribution in [1.82, 2.24) is 14.9 Å². The summed E-state index contributed by atoms with van der Waals surface area (Å²) in [6.07, 6.45) is 3.08. The highest BCUT2D eigenvalue weighted by Crippen LogP contribution is 2.43. The molecule has 0 radical (unpaired) electrons. The number of nitrogens with one attached hydrogen (secondary N) is 2. The molecule has 5 rings (SSSR count). The smallest absolute Gasteiger partial charge is 0.324 e. The SMILES string of the molecule is COCC1=C(CN2CCOCC2)N2N=CN=C(N)C2C1c1ccc(NC(=O)Nc2cc(C(C)(C)C)ccn2)c(F)c1. The van der Waals surface area contributed by atoms with Gasteiger partial charge in [-0.3, -0.25) is 15.2 Å². The fraction of sp³-hybridized carbons (Fsp3) is 0.448. The molecule has 2 amide bonds. The Labute approximate surface area is 239 Å². The van der Waals surface area contributed by atoms with Crippen LogP contribution in [-0.4, -0.2) is 85.7 Å². The van der Waals surface area contributed by atoms with E-state index in [1.165, 1.54) is 12.4 Å². The maximum atomic E-state index is 15.5. The molecule has 0 spiro atoms. The molecule has 3 aliphatic rings. The fourth-order valence-corrected chi connectivity index (χ4v) is 5.41. The van der Waals surface area contributed by atoms with Crippen LogP contribution in [0.1, 0.15) is 37.8 Å². The van der Waals surface area contributed by atoms with Crippen molar-refractivity contribution >= 4 is 29.7 Å². The highest BCUT2D eigenvalue weighted by molar-refractivity contribution is 5.99. The molecule has 1 saturated heterocycles. The number of morpholine rings is 1. The number of rotatable bonds is 7. The molecular formula is C29H37FN8O3. The lowest BCUT2D eigenvalue weighted by Gasteiger charge is -2.32. The van der Waals surface area contributed by atoms with Crippen molar-refractivity contribution in [2.24, 2.45) is 15.8 Å². The number of hydrazone groups is 1. The number of hydrogen-bond acceptors (Lipinski definition) is 9. The van der Waals surface area contributed by atoms with Crippen LogP contribution >= 0.6 is 0 Å². The number of fused-ring (bicyclic) bond motifs is 1. The molecule has 2 atom stereocenters. The van der Waals surface area contributed by atoms with Crippen molar-refractivity contribution in [3.8, 4) is 0 Å². The maximum absolute atomic E-state index is 15.5. The quantitative estimate of drug-likeness (QED) is 0.470. The highest BCUT2D eigenvalue weighted by atomic mass is 19.1. The van der Waals surface area contributed by atoms with Crippen LogP contribution in [-0.2, 0) is 14.9 Å². The molecule has 11 nitrogen and oxygen atoms in total. The lowest BCUT2D eigenvalue weighted by molar-refractivity contribution is 0.0391. The number of urea groups is 1. The molecule has 41 heavy (non-hydrogen) atoms. The van der Waals surface area contributed by atoms with Gasteiger partial charge in [0.1, 0.15) is 29.9 Å². The maximum Gasteiger partial charge on any atom is 0.324 e. The zero-order chi connectivity index (χ0) is 29.1. The molecule has 3 aliphatic heterocycles. The Balaban J connectivity index is 1.39. The number of hydrogen-bond donors (Lipinski definition) is 3. The summed E-state index contributed by atoms with van der Waals surface area (Å²) in [6.45, 7) is 10.1. The number of benzene rings is 1. The van der Waals surface area contributed by atoms with Gasteiger partial charge in [0.05, 0.1) is 31.2 Å². The number of methoxy groups -OCH3 is 1. The first-order chi connectivity index (χ1) is 19.7. The van der Waals surface area contributed by atoms with Gasteiger partial charge in [0, 0.05) is 38.9 Å². The Morgan fingerprint density at radius 3 is 2.68 bits per heavy atom. The molecule has 0 bridgehead atoms. The molecule has 4 heterocycles. The number of nitrogens with two attached hydrogens (primary N) is 1. The monoisotopic (exact) mass is 564 g/mol. The number of pyridine rings is 1. The molecule has 2 unspecified atom stereocenters. The molecular weight excluding hydrogens is 527 g/mol. The van der Waals surface area contributed by atoms with E-state index in [-0.39, 0.29) is 17.0 Å². The summed E-state index contributed by atoms with van der Waals surface area (Å²) in [5.74, 6) is -0.141. The molecule has 1 fully saturated rings. The number of nitrogens with zero attached hydrogens (tertiary/aromatic N) is 5. The summed E-state index contributed by atoms with van der Waals surface area (Å²) < 4.78 is 26.6. The van der Waals surface area contributed by atoms with Gasteiger partial charge < -0.3 is 20.5 Å². The third-order valence-corrected chi connectivity index (χ3v) is 7.53. The summed E-state index contributed by atoms with van der Waals surface area (Å²) in [6, 6.07) is 7.48. The summed E-state index contributed by atoms with van der Waals surface area (Å²) in [5, 5.41) is 11.7. The highest BCUT2D eigenvalue weighted by Gasteiger charge is 2.45. The minimum atomic E-state index is -0.590. The van der Waals surface area contributed by atoms with Crippen molar-refractivity contribution in [3.05, 3.63) is 64.7 Å². The summed E-state index contributed by atoms with van der Waals surface area (Å²) in [5.41, 5.74) is 9.96. The van der Waals surface area contributed by atoms with Crippen molar-refractivity contribution in [3.63, 3.8) is 0 Å². The predicted molar refractivity (Wildman–Crippen MR) is 157 cm³/mol. The van der Waals surface area contributed by atoms with Gasteiger partial charge in [0.15, 0.2) is 0 Å². The van der Waals surface area contributed by atoms with Gasteiger partial charge in [0.2, 0.25) is 0 Å². The van der Waals surface area contributed by atoms with Gasteiger partial charge in [-0.1, -0.05) is 26.8 Å². The lowest BCUT2D eigenvalue weighted by atomic mass is 9.86. The number of amides is 2. The Morgan fingerprint density at radius 2 is 1.98 bits per heavy atom. The van der Waals surface area contributed by atoms with Crippen LogP contribution in [0.15, 0.2) is 57.9 Å². The van der Waals surface area contributed by atoms with E-state index in [2.05, 4.69) is 51.4 Å². The topological polar surface area (TPSA) is 130 Å². The molecule has 0 aliphatic carbocycles. The number of amidine groups is 1. The second-order valence-corrected chi connectivity index (χ2v) is 11.3. The van der Waals surface area contributed by atoms with Gasteiger partial charge in [0.25, 0.3) is 0 Å². The molecule has 218 valence electrons. The van der Waals surface area contributed by atoms with E-state index in [1.807, 2.05) is 17.1 Å². The van der Waals surface area contributed by atoms with Crippen molar-refractivity contribution in [2.45, 2.75) is 38.1 Å². The van der Waals surface area contributed by atoms with Crippen LogP contribution in [0.5, 0.6) is 0 Å². The number of halogens is 1. The average Bonchev–Trinajstić information content (AvgIpc) is 3.24. The van der Waals surface area contributed by atoms with Crippen LogP contribution < -0.4 is 16.4 Å². The number of carbonyl (C=O) groups is 1. The standard InChI is InChI=1S/C29H37FN8O3/c1-29(2,3)19-7-8-32-24(14-19)36-28(39)35-22-6-5-18(13-21(22)30)25-20(16-40-4)23(15-37-9-11-41-12-10-37)38-26(25)27(31)33-17-34-38/h5-8,13-14,17,25-26H,9-12,15-16H2,1-4H3,(H2,31,33,34)(H2,32,35,36,39). The third kappa shape index (κ3) is 6.24. The fourth-order valence-electron chi connectivity index (χ4n) is 5.41. The summed E-state index contributed by atoms with van der Waals surface area (Å²) in [4.78, 5) is 23.5. The third-order valence-electron chi connectivity index (χ3n) is 7.53. The Morgan fingerprint density at radius 1 is 1.20 bits per heavy atom. The van der Waals surface area contributed by atoms with E-state index in [0.717, 1.165) is 29.9 Å². The molecule has 4 N–H and O–H groups in total. The van der Waals surface area contributed by atoms with E-state index in [9.17, 15) is 4.79 Å². The van der Waals surface area contributed by atoms with Gasteiger partial charge in [-0.25, -0.2) is 19.2 Å². The van der Waals surface area contributed by atoms with Gasteiger partial charge in [-0.05, 0) is 46.4 Å². The minimum absolute atomic E-state index is 0.0437. The molecule has 12 heteroatoms. The average molecular weight is 565 g/mol. The van der Waals surface area contributed by atoms with E-state index in [4.69, 9.17) is 15.2 Å². The summed E-state index contributed by atoms with van der Waals surface area (Å²) in [7, 11) is 1.63. The van der Waals surface area contributed by atoms with Gasteiger partial charge in [-0.15, -0.1) is 0 Å². The van der Waals surface area contributed by atoms with Gasteiger partial charge >= 0.3 is 6.03 Å². The van der Waals surface area contributed by atoms with Crippen molar-refractivity contribution in [2.75, 3.05) is 57.2 Å². The van der Waals surface area contributed by atoms with Crippen LogP contribution in [0.3, 0.4) is 0 Å². The second kappa shape index (κ2) is 11.9. The first kappa shape index (κ1) is 28.7. The minimum Gasteiger partial charge on any atom is -0.385 e. The molecule has 0 saturated carbocycles. The van der Waals surface area contributed by atoms with Crippen LogP contribution in [0, 0.1) is 5.82 Å². The summed E-state index contributed by atoms with van der Waals surface area (Å²) >= 11 is 0. The van der Waals surface area contributed by atoms with E-state index in [0.29, 0.717) is 43.6 Å². The zero-order valence-corrected chi connectivity index (χ0v) is 23.9. The Kier molecular flexibility index (Phi) is 8.34. The molecule has 1 aromatic heterocycles. The van der Waals surface area contributed by atoms with Crippen LogP contribution in [0.2, 0.25) is 0 Å². The number of anilines is 2. The largest absolute Gasteiger partial charge is 0.385 e. The predicted octanol–water partition coefficient (Wildman–Crippen LogP) is 3.48. The van der Waals surface area contributed by atoms with E-state index in [1.54, 1.807) is 25.4 Å². The zero-order valence-electron chi connectivity index (χ0n) is 23.9. The first-order valence-corrected chi connectivity index (χ1v) is 13.7. The van der Waals surface area contributed by atoms with Crippen molar-refractivity contribution < 1.29 is 18.7 Å². The molecule has 2 aromatic rings. The normalized spacial score (nSPS) is 21.1. The van der Waals surface area contributed by atoms with Crippen LogP contribution in [0.4, 0.5) is 20.7 Å². The number of ether oxygens (including phenoxy) is 2. The first-order valence-electron chi connectivity index (χ1n) is 13.7. The number of aromatic nitrogens is 1. The number of carbonyl (C=O) groups excluding carboxylic acids is 1. The molecule has 1 aromatic carbocycles. The van der Waals surface area contributed by atoms with E-state index < -0.39 is 17.9 Å². The van der Waals surface area contributed by atoms with Gasteiger partial charge in [-0.2, -0.15) is 5.10 Å². The number of aliphatic imine (C=N–C) groups is 1. The lowest BCUT2D eigenvalue weighted by Crippen LogP contribution is -2.46.